The van der Waals surface area contributed by atoms with Gasteiger partial charge in [-0.3, -0.25) is 0 Å². The van der Waals surface area contributed by atoms with E-state index in [1.807, 2.05) is 0 Å². The number of carbonyl (C=O) groups excluding carboxylic acids is 1. The van der Waals surface area contributed by atoms with Crippen LogP contribution in [-0.2, 0) is 4.79 Å². The first-order valence-corrected chi connectivity index (χ1v) is 5.38. The van der Waals surface area contributed by atoms with Crippen molar-refractivity contribution in [2.45, 2.75) is 51.1 Å². The Hall–Kier alpha value is -0.370. The third-order valence-corrected chi connectivity index (χ3v) is 3.77. The number of hydrogen-bond acceptors (Lipinski definition) is 2. The van der Waals surface area contributed by atoms with Gasteiger partial charge in [0.1, 0.15) is 5.78 Å². The molecule has 2 heteroatoms. The summed E-state index contributed by atoms with van der Waals surface area (Å²) in [6.45, 7) is 1.72. The molecule has 0 aliphatic carbocycles. The molecule has 0 aromatic rings. The van der Waals surface area contributed by atoms with E-state index in [4.69, 9.17) is 0 Å². The maximum atomic E-state index is 11.0. The third kappa shape index (κ3) is 1.78. The first kappa shape index (κ1) is 9.20. The van der Waals surface area contributed by atoms with Gasteiger partial charge in [-0.2, -0.15) is 0 Å². The molecule has 2 saturated heterocycles. The maximum Gasteiger partial charge on any atom is 0.130 e. The van der Waals surface area contributed by atoms with Crippen LogP contribution in [0.5, 0.6) is 0 Å². The highest BCUT2D eigenvalue weighted by Crippen LogP contribution is 2.38. The molecular weight excluding hydrogens is 162 g/mol. The first-order valence-electron chi connectivity index (χ1n) is 5.38. The molecule has 2 heterocycles. The minimum absolute atomic E-state index is 0.369. The maximum absolute atomic E-state index is 11.0. The lowest BCUT2D eigenvalue weighted by Gasteiger charge is -2.35. The van der Waals surface area contributed by atoms with Crippen molar-refractivity contribution in [3.05, 3.63) is 0 Å². The lowest BCUT2D eigenvalue weighted by Crippen LogP contribution is -2.40. The fourth-order valence-electron chi connectivity index (χ4n) is 3.10. The second-order valence-corrected chi connectivity index (χ2v) is 4.79. The van der Waals surface area contributed by atoms with Gasteiger partial charge in [0.15, 0.2) is 0 Å². The van der Waals surface area contributed by atoms with Crippen LogP contribution in [0.3, 0.4) is 0 Å². The molecule has 0 saturated carbocycles. The Balaban J connectivity index is 1.95. The summed E-state index contributed by atoms with van der Waals surface area (Å²) in [5, 5.41) is 0. The van der Waals surface area contributed by atoms with Crippen molar-refractivity contribution in [3.63, 3.8) is 0 Å². The van der Waals surface area contributed by atoms with Gasteiger partial charge >= 0.3 is 0 Å². The molecule has 2 aliphatic rings. The van der Waals surface area contributed by atoms with E-state index >= 15 is 0 Å². The van der Waals surface area contributed by atoms with E-state index in [1.54, 1.807) is 6.92 Å². The molecule has 2 fully saturated rings. The zero-order valence-electron chi connectivity index (χ0n) is 8.62. The summed E-state index contributed by atoms with van der Waals surface area (Å²) >= 11 is 0. The van der Waals surface area contributed by atoms with Crippen molar-refractivity contribution in [1.82, 2.24) is 4.90 Å². The van der Waals surface area contributed by atoms with Gasteiger partial charge in [-0.1, -0.05) is 0 Å². The van der Waals surface area contributed by atoms with E-state index < -0.39 is 0 Å². The number of carbonyl (C=O) groups is 1. The van der Waals surface area contributed by atoms with Gasteiger partial charge in [-0.25, -0.2) is 0 Å². The van der Waals surface area contributed by atoms with Crippen LogP contribution in [0.2, 0.25) is 0 Å². The van der Waals surface area contributed by atoms with Crippen LogP contribution in [0.1, 0.15) is 39.0 Å². The van der Waals surface area contributed by atoms with Gasteiger partial charge in [-0.05, 0) is 45.6 Å². The number of hydrogen-bond donors (Lipinski definition) is 0. The topological polar surface area (TPSA) is 20.3 Å². The molecule has 0 N–H and O–H groups in total. The number of ketones is 1. The second-order valence-electron chi connectivity index (χ2n) is 4.79. The molecule has 0 aromatic carbocycles. The number of rotatable bonds is 2. The van der Waals surface area contributed by atoms with E-state index in [1.165, 1.54) is 25.7 Å². The molecule has 74 valence electrons. The Morgan fingerprint density at radius 1 is 1.31 bits per heavy atom. The lowest BCUT2D eigenvalue weighted by molar-refractivity contribution is -0.118. The Morgan fingerprint density at radius 3 is 2.31 bits per heavy atom. The van der Waals surface area contributed by atoms with E-state index in [9.17, 15) is 4.79 Å². The highest BCUT2D eigenvalue weighted by molar-refractivity contribution is 5.75. The summed E-state index contributed by atoms with van der Waals surface area (Å²) < 4.78 is 0. The van der Waals surface area contributed by atoms with Crippen LogP contribution in [-0.4, -0.2) is 29.8 Å². The molecule has 2 bridgehead atoms. The molecule has 2 rings (SSSR count). The van der Waals surface area contributed by atoms with Crippen molar-refractivity contribution in [3.8, 4) is 0 Å². The normalized spacial score (nSPS) is 39.4. The highest BCUT2D eigenvalue weighted by atomic mass is 16.1. The minimum atomic E-state index is 0.369. The zero-order valence-corrected chi connectivity index (χ0v) is 8.62. The summed E-state index contributed by atoms with van der Waals surface area (Å²) in [6.07, 6.45) is 6.05. The molecule has 0 aromatic heterocycles. The first-order chi connectivity index (χ1) is 6.16. The van der Waals surface area contributed by atoms with Gasteiger partial charge < -0.3 is 9.69 Å². The zero-order chi connectivity index (χ0) is 9.42. The Morgan fingerprint density at radius 2 is 1.85 bits per heavy atom. The molecule has 2 aliphatic heterocycles. The largest absolute Gasteiger partial charge is 0.300 e. The van der Waals surface area contributed by atoms with Gasteiger partial charge in [-0.15, -0.1) is 0 Å². The molecule has 13 heavy (non-hydrogen) atoms. The summed E-state index contributed by atoms with van der Waals surface area (Å²) in [4.78, 5) is 13.5. The SMILES string of the molecule is CC(=O)CC1CC2CCC(C1)N2C. The Kier molecular flexibility index (Phi) is 2.41. The Labute approximate surface area is 80.3 Å². The van der Waals surface area contributed by atoms with Crippen molar-refractivity contribution < 1.29 is 4.79 Å². The number of Topliss-reactive ketones (excluding diaryl/α,β-unsaturated/α-hetero) is 1. The average Bonchev–Trinajstić information content (AvgIpc) is 2.33. The van der Waals surface area contributed by atoms with Crippen LogP contribution in [0.25, 0.3) is 0 Å². The second kappa shape index (κ2) is 3.41. The van der Waals surface area contributed by atoms with Crippen LogP contribution in [0.15, 0.2) is 0 Å². The average molecular weight is 181 g/mol. The quantitative estimate of drug-likeness (QED) is 0.648. The number of piperidine rings is 1. The predicted octanol–water partition coefficient (Wildman–Crippen LogP) is 1.84. The van der Waals surface area contributed by atoms with Gasteiger partial charge in [0.05, 0.1) is 0 Å². The molecular formula is C11H19NO. The number of fused-ring (bicyclic) bond motifs is 2. The van der Waals surface area contributed by atoms with Crippen LogP contribution in [0, 0.1) is 5.92 Å². The van der Waals surface area contributed by atoms with Crippen LogP contribution in [0.4, 0.5) is 0 Å². The van der Waals surface area contributed by atoms with Crippen LogP contribution < -0.4 is 0 Å². The fourth-order valence-corrected chi connectivity index (χ4v) is 3.10. The van der Waals surface area contributed by atoms with Crippen molar-refractivity contribution in [1.29, 1.82) is 0 Å². The van der Waals surface area contributed by atoms with E-state index in [0.717, 1.165) is 18.5 Å². The monoisotopic (exact) mass is 181 g/mol. The standard InChI is InChI=1S/C11H19NO/c1-8(13)5-9-6-10-3-4-11(7-9)12(10)2/h9-11H,3-7H2,1-2H3. The van der Waals surface area contributed by atoms with E-state index in [0.29, 0.717) is 11.7 Å². The summed E-state index contributed by atoms with van der Waals surface area (Å²) in [5.41, 5.74) is 0. The predicted molar refractivity (Wildman–Crippen MR) is 52.6 cm³/mol. The van der Waals surface area contributed by atoms with Crippen molar-refractivity contribution >= 4 is 5.78 Å². The molecule has 0 radical (unpaired) electrons. The molecule has 2 atom stereocenters. The van der Waals surface area contributed by atoms with Crippen molar-refractivity contribution in [2.75, 3.05) is 7.05 Å². The summed E-state index contributed by atoms with van der Waals surface area (Å²) in [5.74, 6) is 1.06. The number of nitrogens with zero attached hydrogens (tertiary/aromatic N) is 1. The van der Waals surface area contributed by atoms with E-state index in [-0.39, 0.29) is 0 Å². The lowest BCUT2D eigenvalue weighted by atomic mass is 9.87. The van der Waals surface area contributed by atoms with Gasteiger partial charge in [0, 0.05) is 18.5 Å². The fraction of sp³-hybridized carbons (Fsp3) is 0.909. The van der Waals surface area contributed by atoms with Gasteiger partial charge in [0.25, 0.3) is 0 Å². The smallest absolute Gasteiger partial charge is 0.130 e. The summed E-state index contributed by atoms with van der Waals surface area (Å²) in [6, 6.07) is 1.56. The highest BCUT2D eigenvalue weighted by Gasteiger charge is 2.38. The van der Waals surface area contributed by atoms with Crippen LogP contribution >= 0.6 is 0 Å². The molecule has 0 amide bonds. The molecule has 2 unspecified atom stereocenters. The minimum Gasteiger partial charge on any atom is -0.300 e. The van der Waals surface area contributed by atoms with Gasteiger partial charge in [0.2, 0.25) is 0 Å². The third-order valence-electron chi connectivity index (χ3n) is 3.77. The Bertz CT molecular complexity index is 200. The van der Waals surface area contributed by atoms with E-state index in [2.05, 4.69) is 11.9 Å². The molecule has 2 nitrogen and oxygen atoms in total. The molecule has 0 spiro atoms. The van der Waals surface area contributed by atoms with Crippen molar-refractivity contribution in [2.24, 2.45) is 5.92 Å². The summed E-state index contributed by atoms with van der Waals surface area (Å²) in [7, 11) is 2.24.